The molecule has 106 valence electrons. The largest absolute Gasteiger partial charge is 0.478 e. The number of carbonyl (C=O) groups is 1. The lowest BCUT2D eigenvalue weighted by Gasteiger charge is -2.07. The molecule has 0 aliphatic heterocycles. The molecule has 0 saturated carbocycles. The van der Waals surface area contributed by atoms with Gasteiger partial charge in [-0.25, -0.2) is 14.2 Å². The lowest BCUT2D eigenvalue weighted by atomic mass is 10.1. The molecule has 2 aromatic heterocycles. The van der Waals surface area contributed by atoms with Crippen molar-refractivity contribution in [2.45, 2.75) is 0 Å². The van der Waals surface area contributed by atoms with Crippen molar-refractivity contribution in [2.24, 2.45) is 7.05 Å². The van der Waals surface area contributed by atoms with Crippen LogP contribution in [0.4, 0.5) is 4.39 Å². The van der Waals surface area contributed by atoms with Gasteiger partial charge < -0.3 is 5.11 Å². The van der Waals surface area contributed by atoms with Crippen molar-refractivity contribution in [3.05, 3.63) is 46.4 Å². The van der Waals surface area contributed by atoms with Crippen LogP contribution in [0.5, 0.6) is 0 Å². The number of carboxylic acid groups (broad SMARTS) is 1. The molecule has 1 aromatic carbocycles. The fourth-order valence-corrected chi connectivity index (χ4v) is 2.44. The predicted octanol–water partition coefficient (Wildman–Crippen LogP) is 3.24. The summed E-state index contributed by atoms with van der Waals surface area (Å²) < 4.78 is 15.5. The first-order valence-electron chi connectivity index (χ1n) is 5.98. The monoisotopic (exact) mass is 349 g/mol. The summed E-state index contributed by atoms with van der Waals surface area (Å²) >= 11 is 3.06. The molecule has 0 aliphatic carbocycles. The molecule has 1 N–H and O–H groups in total. The van der Waals surface area contributed by atoms with Gasteiger partial charge in [-0.05, 0) is 28.1 Å². The standard InChI is InChI=1S/C14H9BrFN3O2/c1-19-6-7(5-17-19)12-3-9(14(20)21)8-2-10(15)11(16)4-13(8)18-12/h2-6H,1H3,(H,20,21). The SMILES string of the molecule is Cn1cc(-c2cc(C(=O)O)c3cc(Br)c(F)cc3n2)cn1. The fraction of sp³-hybridized carbons (Fsp3) is 0.0714. The number of fused-ring (bicyclic) bond motifs is 1. The lowest BCUT2D eigenvalue weighted by Crippen LogP contribution is -2.00. The Kier molecular flexibility index (Phi) is 3.21. The van der Waals surface area contributed by atoms with E-state index >= 15 is 0 Å². The van der Waals surface area contributed by atoms with E-state index in [0.717, 1.165) is 0 Å². The first kappa shape index (κ1) is 13.7. The van der Waals surface area contributed by atoms with E-state index in [1.807, 2.05) is 0 Å². The molecule has 21 heavy (non-hydrogen) atoms. The Morgan fingerprint density at radius 1 is 1.38 bits per heavy atom. The predicted molar refractivity (Wildman–Crippen MR) is 78.6 cm³/mol. The molecule has 0 spiro atoms. The average Bonchev–Trinajstić information content (AvgIpc) is 2.85. The molecule has 0 unspecified atom stereocenters. The summed E-state index contributed by atoms with van der Waals surface area (Å²) in [6.45, 7) is 0. The highest BCUT2D eigenvalue weighted by Crippen LogP contribution is 2.28. The molecule has 0 fully saturated rings. The Hall–Kier alpha value is -2.28. The Bertz CT molecular complexity index is 876. The van der Waals surface area contributed by atoms with E-state index in [-0.39, 0.29) is 15.6 Å². The van der Waals surface area contributed by atoms with Gasteiger partial charge in [-0.1, -0.05) is 0 Å². The molecule has 3 rings (SSSR count). The van der Waals surface area contributed by atoms with Crippen molar-refractivity contribution in [2.75, 3.05) is 0 Å². The second-order valence-corrected chi connectivity index (χ2v) is 5.40. The Morgan fingerprint density at radius 2 is 2.14 bits per heavy atom. The van der Waals surface area contributed by atoms with Crippen LogP contribution in [0, 0.1) is 5.82 Å². The van der Waals surface area contributed by atoms with E-state index in [4.69, 9.17) is 0 Å². The highest BCUT2D eigenvalue weighted by atomic mass is 79.9. The van der Waals surface area contributed by atoms with Crippen LogP contribution in [0.15, 0.2) is 35.1 Å². The Balaban J connectivity index is 2.34. The Morgan fingerprint density at radius 3 is 2.76 bits per heavy atom. The fourth-order valence-electron chi connectivity index (χ4n) is 2.10. The minimum absolute atomic E-state index is 0.0690. The van der Waals surface area contributed by atoms with Crippen LogP contribution in [0.3, 0.4) is 0 Å². The van der Waals surface area contributed by atoms with Crippen molar-refractivity contribution >= 4 is 32.8 Å². The lowest BCUT2D eigenvalue weighted by molar-refractivity contribution is 0.0699. The number of aryl methyl sites for hydroxylation is 1. The number of aromatic nitrogens is 3. The van der Waals surface area contributed by atoms with E-state index in [0.29, 0.717) is 16.6 Å². The molecule has 2 heterocycles. The first-order chi connectivity index (χ1) is 9.95. The highest BCUT2D eigenvalue weighted by Gasteiger charge is 2.15. The van der Waals surface area contributed by atoms with Gasteiger partial charge in [-0.2, -0.15) is 5.10 Å². The molecule has 0 bridgehead atoms. The number of hydrogen-bond donors (Lipinski definition) is 1. The van der Waals surface area contributed by atoms with Gasteiger partial charge >= 0.3 is 5.97 Å². The summed E-state index contributed by atoms with van der Waals surface area (Å²) in [6.07, 6.45) is 3.30. The van der Waals surface area contributed by atoms with Crippen molar-refractivity contribution in [1.29, 1.82) is 0 Å². The second-order valence-electron chi connectivity index (χ2n) is 4.55. The van der Waals surface area contributed by atoms with Crippen LogP contribution < -0.4 is 0 Å². The third-order valence-corrected chi connectivity index (χ3v) is 3.69. The molecule has 0 saturated heterocycles. The number of pyridine rings is 1. The van der Waals surface area contributed by atoms with Gasteiger partial charge in [0.15, 0.2) is 0 Å². The van der Waals surface area contributed by atoms with Gasteiger partial charge in [0.2, 0.25) is 0 Å². The van der Waals surface area contributed by atoms with Crippen LogP contribution >= 0.6 is 15.9 Å². The minimum Gasteiger partial charge on any atom is -0.478 e. The summed E-state index contributed by atoms with van der Waals surface area (Å²) in [4.78, 5) is 15.8. The maximum atomic E-state index is 13.7. The number of carboxylic acids is 1. The van der Waals surface area contributed by atoms with E-state index in [1.165, 1.54) is 18.2 Å². The third kappa shape index (κ3) is 2.40. The van der Waals surface area contributed by atoms with Gasteiger partial charge in [0, 0.05) is 30.3 Å². The average molecular weight is 350 g/mol. The molecule has 0 amide bonds. The number of benzene rings is 1. The third-order valence-electron chi connectivity index (χ3n) is 3.08. The van der Waals surface area contributed by atoms with Crippen molar-refractivity contribution < 1.29 is 14.3 Å². The zero-order valence-electron chi connectivity index (χ0n) is 10.8. The molecule has 0 atom stereocenters. The number of nitrogens with zero attached hydrogens (tertiary/aromatic N) is 3. The molecule has 7 heteroatoms. The van der Waals surface area contributed by atoms with Gasteiger partial charge in [-0.3, -0.25) is 4.68 Å². The number of halogens is 2. The van der Waals surface area contributed by atoms with E-state index in [9.17, 15) is 14.3 Å². The van der Waals surface area contributed by atoms with Crippen LogP contribution in [0.2, 0.25) is 0 Å². The summed E-state index contributed by atoms with van der Waals surface area (Å²) in [5, 5.41) is 13.8. The van der Waals surface area contributed by atoms with Crippen molar-refractivity contribution in [3.63, 3.8) is 0 Å². The number of hydrogen-bond acceptors (Lipinski definition) is 3. The molecular weight excluding hydrogens is 341 g/mol. The quantitative estimate of drug-likeness (QED) is 0.771. The second kappa shape index (κ2) is 4.92. The van der Waals surface area contributed by atoms with Crippen molar-refractivity contribution in [1.82, 2.24) is 14.8 Å². The minimum atomic E-state index is -1.09. The van der Waals surface area contributed by atoms with Crippen LogP contribution in [-0.2, 0) is 7.05 Å². The van der Waals surface area contributed by atoms with Gasteiger partial charge in [0.05, 0.1) is 27.4 Å². The zero-order chi connectivity index (χ0) is 15.1. The van der Waals surface area contributed by atoms with Gasteiger partial charge in [0.1, 0.15) is 5.82 Å². The highest BCUT2D eigenvalue weighted by molar-refractivity contribution is 9.10. The van der Waals surface area contributed by atoms with E-state index in [1.54, 1.807) is 24.1 Å². The van der Waals surface area contributed by atoms with E-state index < -0.39 is 11.8 Å². The summed E-state index contributed by atoms with van der Waals surface area (Å²) in [7, 11) is 1.75. The molecule has 0 radical (unpaired) electrons. The van der Waals surface area contributed by atoms with Crippen LogP contribution in [0.25, 0.3) is 22.2 Å². The molecule has 3 aromatic rings. The summed E-state index contributed by atoms with van der Waals surface area (Å²) in [5.41, 5.74) is 1.47. The molecule has 0 aliphatic rings. The van der Waals surface area contributed by atoms with Crippen molar-refractivity contribution in [3.8, 4) is 11.3 Å². The van der Waals surface area contributed by atoms with E-state index in [2.05, 4.69) is 26.0 Å². The zero-order valence-corrected chi connectivity index (χ0v) is 12.4. The number of rotatable bonds is 2. The Labute approximate surface area is 127 Å². The topological polar surface area (TPSA) is 68.0 Å². The molecule has 5 nitrogen and oxygen atoms in total. The van der Waals surface area contributed by atoms with Crippen LogP contribution in [0.1, 0.15) is 10.4 Å². The van der Waals surface area contributed by atoms with Gasteiger partial charge in [0.25, 0.3) is 0 Å². The van der Waals surface area contributed by atoms with Crippen LogP contribution in [-0.4, -0.2) is 25.8 Å². The number of aromatic carboxylic acids is 1. The molecular formula is C14H9BrFN3O2. The first-order valence-corrected chi connectivity index (χ1v) is 6.77. The maximum absolute atomic E-state index is 13.7. The summed E-state index contributed by atoms with van der Waals surface area (Å²) in [5.74, 6) is -1.58. The summed E-state index contributed by atoms with van der Waals surface area (Å²) in [6, 6.07) is 4.10. The smallest absolute Gasteiger partial charge is 0.336 e. The van der Waals surface area contributed by atoms with Gasteiger partial charge in [-0.15, -0.1) is 0 Å². The normalized spacial score (nSPS) is 11.0. The maximum Gasteiger partial charge on any atom is 0.336 e.